The van der Waals surface area contributed by atoms with Crippen LogP contribution in [0, 0.1) is 6.92 Å². The number of halogens is 1. The number of hydrogen-bond acceptors (Lipinski definition) is 6. The number of aromatic nitrogens is 3. The Kier molecular flexibility index (Phi) is 8.60. The van der Waals surface area contributed by atoms with E-state index in [1.165, 1.54) is 0 Å². The second-order valence-corrected chi connectivity index (χ2v) is 10.7. The number of methoxy groups -OCH3 is 1. The second kappa shape index (κ2) is 12.3. The molecular formula is C29H35ClN6O3. The Morgan fingerprint density at radius 3 is 2.85 bits per heavy atom. The summed E-state index contributed by atoms with van der Waals surface area (Å²) in [6, 6.07) is 8.89. The van der Waals surface area contributed by atoms with E-state index in [4.69, 9.17) is 21.3 Å². The van der Waals surface area contributed by atoms with E-state index in [-0.39, 0.29) is 24.0 Å². The highest BCUT2D eigenvalue weighted by atomic mass is 35.5. The maximum absolute atomic E-state index is 13.2. The molecule has 10 heteroatoms. The van der Waals surface area contributed by atoms with Gasteiger partial charge in [0.25, 0.3) is 5.91 Å². The molecule has 3 aromatic rings. The van der Waals surface area contributed by atoms with Gasteiger partial charge in [-0.2, -0.15) is 0 Å². The molecule has 2 fully saturated rings. The smallest absolute Gasteiger partial charge is 0.258 e. The van der Waals surface area contributed by atoms with Crippen molar-refractivity contribution in [2.45, 2.75) is 44.8 Å². The van der Waals surface area contributed by atoms with Gasteiger partial charge in [-0.05, 0) is 56.9 Å². The van der Waals surface area contributed by atoms with Gasteiger partial charge in [-0.1, -0.05) is 23.7 Å². The molecule has 2 atom stereocenters. The molecule has 5 rings (SSSR count). The fourth-order valence-electron chi connectivity index (χ4n) is 5.50. The van der Waals surface area contributed by atoms with E-state index in [0.29, 0.717) is 35.1 Å². The van der Waals surface area contributed by atoms with Crippen LogP contribution >= 0.6 is 11.6 Å². The number of amides is 2. The van der Waals surface area contributed by atoms with Gasteiger partial charge >= 0.3 is 0 Å². The van der Waals surface area contributed by atoms with Gasteiger partial charge in [0.2, 0.25) is 11.9 Å². The third-order valence-corrected chi connectivity index (χ3v) is 7.86. The Hall–Kier alpha value is -3.27. The number of anilines is 1. The fourth-order valence-corrected chi connectivity index (χ4v) is 5.77. The molecule has 2 aromatic heterocycles. The molecule has 4 heterocycles. The van der Waals surface area contributed by atoms with Crippen LogP contribution in [0.25, 0.3) is 11.0 Å². The van der Waals surface area contributed by atoms with Crippen LogP contribution in [0.1, 0.15) is 47.8 Å². The first-order valence-corrected chi connectivity index (χ1v) is 13.9. The Morgan fingerprint density at radius 1 is 1.18 bits per heavy atom. The lowest BCUT2D eigenvalue weighted by Gasteiger charge is -2.26. The number of fused-ring (bicyclic) bond motifs is 1. The SMILES string of the molecule is CO[C@H]1CCN(C/C=C/C(=O)N2CCCCC(n3c(NC(=O)c4ccnc(C)c4)nc4cccc(Cl)c43)C2)C1. The third kappa shape index (κ3) is 6.32. The maximum Gasteiger partial charge on any atom is 0.258 e. The lowest BCUT2D eigenvalue weighted by Crippen LogP contribution is -2.35. The maximum atomic E-state index is 13.2. The van der Waals surface area contributed by atoms with Crippen molar-refractivity contribution in [1.82, 2.24) is 24.3 Å². The number of nitrogens with zero attached hydrogens (tertiary/aromatic N) is 5. The number of benzene rings is 1. The van der Waals surface area contributed by atoms with Crippen molar-refractivity contribution in [1.29, 1.82) is 0 Å². The number of rotatable bonds is 7. The minimum Gasteiger partial charge on any atom is -0.380 e. The Balaban J connectivity index is 1.37. The van der Waals surface area contributed by atoms with Gasteiger partial charge < -0.3 is 14.2 Å². The lowest BCUT2D eigenvalue weighted by molar-refractivity contribution is -0.126. The molecule has 1 N–H and O–H groups in total. The van der Waals surface area contributed by atoms with Crippen LogP contribution in [0.3, 0.4) is 0 Å². The molecule has 39 heavy (non-hydrogen) atoms. The lowest BCUT2D eigenvalue weighted by atomic mass is 10.1. The van der Waals surface area contributed by atoms with Gasteiger partial charge in [-0.25, -0.2) is 4.98 Å². The van der Waals surface area contributed by atoms with Gasteiger partial charge in [0.05, 0.1) is 28.2 Å². The summed E-state index contributed by atoms with van der Waals surface area (Å²) in [5.41, 5.74) is 2.72. The molecule has 206 valence electrons. The highest BCUT2D eigenvalue weighted by molar-refractivity contribution is 6.35. The molecule has 0 saturated carbocycles. The topological polar surface area (TPSA) is 92.6 Å². The summed E-state index contributed by atoms with van der Waals surface area (Å²) in [4.78, 5) is 39.5. The normalized spacial score (nSPS) is 20.5. The van der Waals surface area contributed by atoms with E-state index in [0.717, 1.165) is 56.5 Å². The van der Waals surface area contributed by atoms with E-state index in [1.54, 1.807) is 31.5 Å². The number of carbonyl (C=O) groups is 2. The molecule has 9 nitrogen and oxygen atoms in total. The molecule has 1 aromatic carbocycles. The predicted octanol–water partition coefficient (Wildman–Crippen LogP) is 4.48. The van der Waals surface area contributed by atoms with Gasteiger partial charge in [-0.15, -0.1) is 0 Å². The molecular weight excluding hydrogens is 516 g/mol. The Morgan fingerprint density at radius 2 is 2.05 bits per heavy atom. The van der Waals surface area contributed by atoms with E-state index >= 15 is 0 Å². The predicted molar refractivity (Wildman–Crippen MR) is 152 cm³/mol. The summed E-state index contributed by atoms with van der Waals surface area (Å²) in [5, 5.41) is 3.56. The van der Waals surface area contributed by atoms with E-state index < -0.39 is 0 Å². The van der Waals surface area contributed by atoms with Crippen molar-refractivity contribution in [3.05, 3.63) is 65.0 Å². The van der Waals surface area contributed by atoms with Crippen LogP contribution in [0.2, 0.25) is 5.02 Å². The molecule has 0 bridgehead atoms. The van der Waals surface area contributed by atoms with Crippen LogP contribution in [0.15, 0.2) is 48.7 Å². The standard InChI is InChI=1S/C29H35ClN6O3/c1-20-17-21(11-13-31-20)28(38)33-29-32-25-9-5-8-24(30)27(25)36(29)22-7-3-4-15-35(18-22)26(37)10-6-14-34-16-12-23(19-34)39-2/h5-6,8-11,13,17,22-23H,3-4,7,12,14-16,18-19H2,1-2H3,(H,32,33,38)/b10-6+/t22?,23-/m0/s1. The first kappa shape index (κ1) is 27.3. The van der Waals surface area contributed by atoms with Gasteiger partial charge in [0.15, 0.2) is 0 Å². The molecule has 2 aliphatic heterocycles. The number of likely N-dealkylation sites (tertiary alicyclic amines) is 2. The van der Waals surface area contributed by atoms with E-state index in [2.05, 4.69) is 15.2 Å². The molecule has 0 aliphatic carbocycles. The summed E-state index contributed by atoms with van der Waals surface area (Å²) in [6.07, 6.45) is 9.26. The molecule has 1 unspecified atom stereocenters. The first-order chi connectivity index (χ1) is 18.9. The van der Waals surface area contributed by atoms with Crippen LogP contribution in [0.4, 0.5) is 5.95 Å². The van der Waals surface area contributed by atoms with Gasteiger partial charge in [-0.3, -0.25) is 24.8 Å². The highest BCUT2D eigenvalue weighted by Gasteiger charge is 2.28. The number of imidazole rings is 1. The summed E-state index contributed by atoms with van der Waals surface area (Å²) in [6.45, 7) is 5.64. The number of ether oxygens (including phenoxy) is 1. The zero-order valence-electron chi connectivity index (χ0n) is 22.5. The van der Waals surface area contributed by atoms with Crippen molar-refractivity contribution in [2.24, 2.45) is 0 Å². The van der Waals surface area contributed by atoms with Crippen LogP contribution in [-0.4, -0.2) is 82.1 Å². The van der Waals surface area contributed by atoms with Crippen LogP contribution in [0.5, 0.6) is 0 Å². The number of aryl methyl sites for hydroxylation is 1. The van der Waals surface area contributed by atoms with Crippen molar-refractivity contribution < 1.29 is 14.3 Å². The van der Waals surface area contributed by atoms with Gasteiger partial charge in [0.1, 0.15) is 0 Å². The molecule has 0 radical (unpaired) electrons. The molecule has 2 aliphatic rings. The quantitative estimate of drug-likeness (QED) is 0.436. The Labute approximate surface area is 233 Å². The molecule has 0 spiro atoms. The zero-order chi connectivity index (χ0) is 27.4. The van der Waals surface area contributed by atoms with E-state index in [9.17, 15) is 9.59 Å². The summed E-state index contributed by atoms with van der Waals surface area (Å²) >= 11 is 6.67. The molecule has 2 saturated heterocycles. The average Bonchev–Trinajstić information content (AvgIpc) is 3.45. The number of hydrogen-bond donors (Lipinski definition) is 1. The number of para-hydroxylation sites is 1. The van der Waals surface area contributed by atoms with Crippen molar-refractivity contribution in [3.8, 4) is 0 Å². The summed E-state index contributed by atoms with van der Waals surface area (Å²) < 4.78 is 7.45. The van der Waals surface area contributed by atoms with Crippen LogP contribution < -0.4 is 5.32 Å². The summed E-state index contributed by atoms with van der Waals surface area (Å²) in [7, 11) is 1.75. The molecule has 2 amide bonds. The van der Waals surface area contributed by atoms with Gasteiger partial charge in [0, 0.05) is 63.4 Å². The largest absolute Gasteiger partial charge is 0.380 e. The third-order valence-electron chi connectivity index (χ3n) is 7.55. The zero-order valence-corrected chi connectivity index (χ0v) is 23.2. The average molecular weight is 551 g/mol. The summed E-state index contributed by atoms with van der Waals surface area (Å²) in [5.74, 6) is 0.155. The minimum atomic E-state index is -0.268. The second-order valence-electron chi connectivity index (χ2n) is 10.3. The monoisotopic (exact) mass is 550 g/mol. The number of carbonyl (C=O) groups excluding carboxylic acids is 2. The van der Waals surface area contributed by atoms with E-state index in [1.807, 2.05) is 40.7 Å². The van der Waals surface area contributed by atoms with Crippen molar-refractivity contribution >= 4 is 40.4 Å². The first-order valence-electron chi connectivity index (χ1n) is 13.5. The fraction of sp³-hybridized carbons (Fsp3) is 0.448. The van der Waals surface area contributed by atoms with Crippen molar-refractivity contribution in [2.75, 3.05) is 45.2 Å². The number of pyridine rings is 1. The van der Waals surface area contributed by atoms with Crippen LogP contribution in [-0.2, 0) is 9.53 Å². The number of nitrogens with one attached hydrogen (secondary N) is 1. The van der Waals surface area contributed by atoms with Crippen molar-refractivity contribution in [3.63, 3.8) is 0 Å². The Bertz CT molecular complexity index is 1370. The highest BCUT2D eigenvalue weighted by Crippen LogP contribution is 2.34. The minimum absolute atomic E-state index is 0.00208.